The van der Waals surface area contributed by atoms with Gasteiger partial charge in [-0.3, -0.25) is 19.2 Å². The number of carbonyl (C=O) groups excluding carboxylic acids is 4. The Balaban J connectivity index is 5.43. The molecule has 0 aliphatic rings. The normalized spacial score (nSPS) is 11.2. The van der Waals surface area contributed by atoms with E-state index in [1.165, 1.54) is 0 Å². The first kappa shape index (κ1) is 37.6. The third kappa shape index (κ3) is 17.1. The van der Waals surface area contributed by atoms with Gasteiger partial charge in [-0.25, -0.2) is 0 Å². The number of carbonyl (C=O) groups is 4. The maximum atomic E-state index is 11.5. The Kier molecular flexibility index (Phi) is 20.5. The fourth-order valence-corrected chi connectivity index (χ4v) is 3.19. The lowest BCUT2D eigenvalue weighted by atomic mass is 9.86. The number of rotatable bonds is 26. The first-order chi connectivity index (χ1) is 19.6. The molecule has 0 aromatic rings. The fraction of sp³-hybridized carbons (Fsp3) is 0.571. The molecule has 0 atom stereocenters. The van der Waals surface area contributed by atoms with Crippen LogP contribution in [0.4, 0.5) is 0 Å². The largest absolute Gasteiger partial charge is 0.380 e. The molecular weight excluding hydrogens is 536 g/mol. The standard InChI is InChI=1S/C28H46N4O9/c1-7-23(33)29-19-38-15-27(11-5,16-39-20-30-24(34)8-2)13-37-14-28(12-6,17-40-21-31-25(35)9-3)18-41-22-32-26(36)10-4/h7-10H,1-4,11-22H2,5-6H3,(H,29,33)(H,30,34)(H,31,35)(H,32,36). The second-order valence-electron chi connectivity index (χ2n) is 9.15. The zero-order valence-corrected chi connectivity index (χ0v) is 24.3. The molecule has 0 rings (SSSR count). The van der Waals surface area contributed by atoms with Gasteiger partial charge in [-0.2, -0.15) is 0 Å². The van der Waals surface area contributed by atoms with Crippen LogP contribution in [-0.4, -0.2) is 90.2 Å². The van der Waals surface area contributed by atoms with Gasteiger partial charge in [-0.15, -0.1) is 0 Å². The van der Waals surface area contributed by atoms with E-state index in [9.17, 15) is 19.2 Å². The quantitative estimate of drug-likeness (QED) is 0.0659. The summed E-state index contributed by atoms with van der Waals surface area (Å²) in [5, 5.41) is 10.2. The maximum Gasteiger partial charge on any atom is 0.245 e. The van der Waals surface area contributed by atoms with Crippen LogP contribution in [0.5, 0.6) is 0 Å². The molecule has 0 unspecified atom stereocenters. The van der Waals surface area contributed by atoms with E-state index in [1.54, 1.807) is 0 Å². The minimum Gasteiger partial charge on any atom is -0.380 e. The van der Waals surface area contributed by atoms with Crippen molar-refractivity contribution in [1.82, 2.24) is 21.3 Å². The van der Waals surface area contributed by atoms with Crippen LogP contribution in [0.3, 0.4) is 0 Å². The minimum atomic E-state index is -0.630. The predicted octanol–water partition coefficient (Wildman–Crippen LogP) is 0.901. The van der Waals surface area contributed by atoms with Crippen LogP contribution >= 0.6 is 0 Å². The zero-order valence-electron chi connectivity index (χ0n) is 24.3. The van der Waals surface area contributed by atoms with Gasteiger partial charge in [-0.1, -0.05) is 40.2 Å². The van der Waals surface area contributed by atoms with Crippen molar-refractivity contribution in [2.75, 3.05) is 66.6 Å². The van der Waals surface area contributed by atoms with Crippen molar-refractivity contribution in [2.45, 2.75) is 26.7 Å². The molecule has 0 aliphatic heterocycles. The van der Waals surface area contributed by atoms with Crippen molar-refractivity contribution in [2.24, 2.45) is 10.8 Å². The van der Waals surface area contributed by atoms with E-state index in [0.29, 0.717) is 12.8 Å². The number of nitrogens with one attached hydrogen (secondary N) is 4. The summed E-state index contributed by atoms with van der Waals surface area (Å²) in [6.45, 7) is 18.5. The number of hydrogen-bond acceptors (Lipinski definition) is 9. The summed E-state index contributed by atoms with van der Waals surface area (Å²) < 4.78 is 29.0. The number of hydrogen-bond donors (Lipinski definition) is 4. The number of ether oxygens (including phenoxy) is 5. The molecule has 0 fully saturated rings. The molecule has 13 nitrogen and oxygen atoms in total. The van der Waals surface area contributed by atoms with Gasteiger partial charge in [0, 0.05) is 10.8 Å². The molecule has 0 saturated carbocycles. The molecule has 232 valence electrons. The van der Waals surface area contributed by atoms with E-state index in [0.717, 1.165) is 24.3 Å². The fourth-order valence-electron chi connectivity index (χ4n) is 3.19. The molecule has 13 heteroatoms. The van der Waals surface area contributed by atoms with E-state index < -0.39 is 10.8 Å². The van der Waals surface area contributed by atoms with Gasteiger partial charge in [0.25, 0.3) is 0 Å². The van der Waals surface area contributed by atoms with Crippen LogP contribution in [0.15, 0.2) is 50.6 Å². The number of amides is 4. The van der Waals surface area contributed by atoms with Crippen LogP contribution in [0.2, 0.25) is 0 Å². The second-order valence-corrected chi connectivity index (χ2v) is 9.15. The van der Waals surface area contributed by atoms with Crippen molar-refractivity contribution >= 4 is 23.6 Å². The Morgan fingerprint density at radius 1 is 0.488 bits per heavy atom. The van der Waals surface area contributed by atoms with Gasteiger partial charge in [0.1, 0.15) is 26.9 Å². The summed E-state index contributed by atoms with van der Waals surface area (Å²) in [5.74, 6) is -1.47. The highest BCUT2D eigenvalue weighted by Crippen LogP contribution is 2.28. The molecule has 0 spiro atoms. The minimum absolute atomic E-state index is 0.0345. The third-order valence-electron chi connectivity index (χ3n) is 6.08. The van der Waals surface area contributed by atoms with Crippen LogP contribution in [0.1, 0.15) is 26.7 Å². The Morgan fingerprint density at radius 2 is 0.707 bits per heavy atom. The van der Waals surface area contributed by atoms with Gasteiger partial charge in [0.05, 0.1) is 39.6 Å². The van der Waals surface area contributed by atoms with Crippen molar-refractivity contribution in [3.63, 3.8) is 0 Å². The van der Waals surface area contributed by atoms with E-state index in [4.69, 9.17) is 23.7 Å². The van der Waals surface area contributed by atoms with Gasteiger partial charge in [0.15, 0.2) is 0 Å². The average Bonchev–Trinajstić information content (AvgIpc) is 3.00. The van der Waals surface area contributed by atoms with Gasteiger partial charge in [0.2, 0.25) is 23.6 Å². The van der Waals surface area contributed by atoms with Gasteiger partial charge >= 0.3 is 0 Å². The monoisotopic (exact) mass is 582 g/mol. The lowest BCUT2D eigenvalue weighted by molar-refractivity contribution is -0.127. The summed E-state index contributed by atoms with van der Waals surface area (Å²) in [7, 11) is 0. The summed E-state index contributed by atoms with van der Waals surface area (Å²) in [5.41, 5.74) is -1.26. The molecule has 41 heavy (non-hydrogen) atoms. The Labute approximate surface area is 242 Å². The molecule has 0 heterocycles. The predicted molar refractivity (Wildman–Crippen MR) is 153 cm³/mol. The lowest BCUT2D eigenvalue weighted by Crippen LogP contribution is -2.43. The molecule has 0 aliphatic carbocycles. The highest BCUT2D eigenvalue weighted by atomic mass is 16.5. The highest BCUT2D eigenvalue weighted by molar-refractivity contribution is 5.87. The molecule has 0 radical (unpaired) electrons. The van der Waals surface area contributed by atoms with E-state index in [-0.39, 0.29) is 90.2 Å². The average molecular weight is 583 g/mol. The molecule has 0 aromatic carbocycles. The second kappa shape index (κ2) is 22.3. The summed E-state index contributed by atoms with van der Waals surface area (Å²) >= 11 is 0. The molecule has 0 aromatic heterocycles. The summed E-state index contributed by atoms with van der Waals surface area (Å²) in [4.78, 5) is 45.9. The Morgan fingerprint density at radius 3 is 0.902 bits per heavy atom. The van der Waals surface area contributed by atoms with Crippen molar-refractivity contribution < 1.29 is 42.9 Å². The maximum absolute atomic E-state index is 11.5. The summed E-state index contributed by atoms with van der Waals surface area (Å²) in [6.07, 6.45) is 5.75. The molecular formula is C28H46N4O9. The molecule has 0 saturated heterocycles. The third-order valence-corrected chi connectivity index (χ3v) is 6.08. The highest BCUT2D eigenvalue weighted by Gasteiger charge is 2.34. The summed E-state index contributed by atoms with van der Waals surface area (Å²) in [6, 6.07) is 0. The molecule has 4 amide bonds. The van der Waals surface area contributed by atoms with Crippen LogP contribution in [0, 0.1) is 10.8 Å². The van der Waals surface area contributed by atoms with E-state index >= 15 is 0 Å². The van der Waals surface area contributed by atoms with Crippen molar-refractivity contribution in [3.05, 3.63) is 50.6 Å². The zero-order chi connectivity index (χ0) is 31.0. The topological polar surface area (TPSA) is 163 Å². The molecule has 0 bridgehead atoms. The first-order valence-electron chi connectivity index (χ1n) is 13.1. The lowest BCUT2D eigenvalue weighted by Gasteiger charge is -2.36. The Hall–Kier alpha value is -3.36. The van der Waals surface area contributed by atoms with Gasteiger partial charge < -0.3 is 45.0 Å². The van der Waals surface area contributed by atoms with Crippen molar-refractivity contribution in [3.8, 4) is 0 Å². The van der Waals surface area contributed by atoms with E-state index in [2.05, 4.69) is 47.6 Å². The smallest absolute Gasteiger partial charge is 0.245 e. The SMILES string of the molecule is C=CC(=O)NCOCC(CC)(COCNC(=O)C=C)COCC(CC)(COCNC(=O)C=C)COCNC(=O)C=C. The Bertz CT molecular complexity index is 740. The van der Waals surface area contributed by atoms with Crippen LogP contribution in [-0.2, 0) is 42.9 Å². The van der Waals surface area contributed by atoms with Crippen LogP contribution in [0.25, 0.3) is 0 Å². The van der Waals surface area contributed by atoms with Crippen LogP contribution < -0.4 is 21.3 Å². The van der Waals surface area contributed by atoms with E-state index in [1.807, 2.05) is 13.8 Å². The van der Waals surface area contributed by atoms with Crippen molar-refractivity contribution in [1.29, 1.82) is 0 Å². The first-order valence-corrected chi connectivity index (χ1v) is 13.1. The molecule has 4 N–H and O–H groups in total. The van der Waals surface area contributed by atoms with Gasteiger partial charge in [-0.05, 0) is 37.1 Å².